The van der Waals surface area contributed by atoms with Crippen molar-refractivity contribution >= 4 is 17.5 Å². The highest BCUT2D eigenvalue weighted by atomic mass is 15.1. The molecule has 0 aliphatic carbocycles. The minimum atomic E-state index is 0.636. The fourth-order valence-corrected chi connectivity index (χ4v) is 2.94. The van der Waals surface area contributed by atoms with Gasteiger partial charge in [0.05, 0.1) is 0 Å². The van der Waals surface area contributed by atoms with E-state index >= 15 is 0 Å². The second-order valence-corrected chi connectivity index (χ2v) is 6.37. The summed E-state index contributed by atoms with van der Waals surface area (Å²) in [6, 6.07) is 20.8. The van der Waals surface area contributed by atoms with E-state index in [2.05, 4.69) is 76.1 Å². The van der Waals surface area contributed by atoms with Crippen molar-refractivity contribution in [1.82, 2.24) is 9.97 Å². The van der Waals surface area contributed by atoms with Crippen LogP contribution in [0.2, 0.25) is 0 Å². The largest absolute Gasteiger partial charge is 0.370 e. The van der Waals surface area contributed by atoms with Gasteiger partial charge in [0.1, 0.15) is 5.82 Å². The maximum Gasteiger partial charge on any atom is 0.229 e. The topological polar surface area (TPSA) is 49.8 Å². The van der Waals surface area contributed by atoms with Gasteiger partial charge in [0.2, 0.25) is 5.95 Å². The molecule has 3 aromatic rings. The Morgan fingerprint density at radius 1 is 0.923 bits per heavy atom. The van der Waals surface area contributed by atoms with Crippen LogP contribution in [0, 0.1) is 6.92 Å². The maximum absolute atomic E-state index is 4.62. The number of benzene rings is 2. The van der Waals surface area contributed by atoms with Crippen molar-refractivity contribution in [3.8, 4) is 0 Å². The van der Waals surface area contributed by atoms with E-state index < -0.39 is 0 Å². The summed E-state index contributed by atoms with van der Waals surface area (Å²) in [4.78, 5) is 9.13. The van der Waals surface area contributed by atoms with E-state index in [1.54, 1.807) is 0 Å². The summed E-state index contributed by atoms with van der Waals surface area (Å²) < 4.78 is 0. The molecule has 0 bridgehead atoms. The molecule has 0 saturated heterocycles. The highest BCUT2D eigenvalue weighted by Crippen LogP contribution is 2.20. The molecule has 26 heavy (non-hydrogen) atoms. The van der Waals surface area contributed by atoms with E-state index in [-0.39, 0.29) is 0 Å². The van der Waals surface area contributed by atoms with Crippen LogP contribution in [-0.4, -0.2) is 16.5 Å². The highest BCUT2D eigenvalue weighted by Gasteiger charge is 2.05. The van der Waals surface area contributed by atoms with Crippen LogP contribution in [0.3, 0.4) is 0 Å². The van der Waals surface area contributed by atoms with Gasteiger partial charge in [0.15, 0.2) is 0 Å². The van der Waals surface area contributed by atoms with Gasteiger partial charge in [0.25, 0.3) is 0 Å². The highest BCUT2D eigenvalue weighted by molar-refractivity contribution is 5.59. The number of nitrogens with zero attached hydrogens (tertiary/aromatic N) is 2. The molecular weight excluding hydrogens is 320 g/mol. The van der Waals surface area contributed by atoms with Crippen molar-refractivity contribution in [2.45, 2.75) is 33.1 Å². The van der Waals surface area contributed by atoms with E-state index in [1.807, 2.05) is 19.1 Å². The molecule has 4 heteroatoms. The molecule has 0 saturated carbocycles. The SMILES string of the molecule is CCc1ccccc1Nc1nc(C)cc(NCCCc2ccccc2)n1. The number of para-hydroxylation sites is 1. The summed E-state index contributed by atoms with van der Waals surface area (Å²) in [5.74, 6) is 1.50. The fraction of sp³-hybridized carbons (Fsp3) is 0.273. The van der Waals surface area contributed by atoms with E-state index in [4.69, 9.17) is 0 Å². The van der Waals surface area contributed by atoms with Gasteiger partial charge in [-0.25, -0.2) is 4.98 Å². The lowest BCUT2D eigenvalue weighted by Gasteiger charge is -2.12. The van der Waals surface area contributed by atoms with E-state index in [0.29, 0.717) is 5.95 Å². The average molecular weight is 346 g/mol. The molecule has 0 amide bonds. The van der Waals surface area contributed by atoms with Crippen molar-refractivity contribution in [2.75, 3.05) is 17.2 Å². The summed E-state index contributed by atoms with van der Waals surface area (Å²) in [6.07, 6.45) is 3.10. The first-order chi connectivity index (χ1) is 12.7. The van der Waals surface area contributed by atoms with Crippen LogP contribution < -0.4 is 10.6 Å². The Hall–Kier alpha value is -2.88. The third kappa shape index (κ3) is 5.06. The predicted molar refractivity (Wildman–Crippen MR) is 109 cm³/mol. The lowest BCUT2D eigenvalue weighted by atomic mass is 10.1. The number of hydrogen-bond acceptors (Lipinski definition) is 4. The molecule has 134 valence electrons. The van der Waals surface area contributed by atoms with Gasteiger partial charge < -0.3 is 10.6 Å². The first-order valence-corrected chi connectivity index (χ1v) is 9.23. The van der Waals surface area contributed by atoms with Crippen molar-refractivity contribution in [2.24, 2.45) is 0 Å². The van der Waals surface area contributed by atoms with E-state index in [9.17, 15) is 0 Å². The molecule has 0 spiro atoms. The van der Waals surface area contributed by atoms with E-state index in [0.717, 1.165) is 43.0 Å². The van der Waals surface area contributed by atoms with Crippen LogP contribution in [0.4, 0.5) is 17.5 Å². The van der Waals surface area contributed by atoms with Crippen molar-refractivity contribution in [3.05, 3.63) is 77.5 Å². The molecule has 0 unspecified atom stereocenters. The second-order valence-electron chi connectivity index (χ2n) is 6.37. The van der Waals surface area contributed by atoms with Gasteiger partial charge in [-0.1, -0.05) is 55.5 Å². The third-order valence-corrected chi connectivity index (χ3v) is 4.29. The number of aryl methyl sites for hydroxylation is 3. The zero-order valence-corrected chi connectivity index (χ0v) is 15.5. The molecule has 0 fully saturated rings. The zero-order chi connectivity index (χ0) is 18.2. The summed E-state index contributed by atoms with van der Waals surface area (Å²) in [5.41, 5.74) is 4.64. The lowest BCUT2D eigenvalue weighted by molar-refractivity contribution is 0.857. The van der Waals surface area contributed by atoms with Gasteiger partial charge in [0, 0.05) is 24.0 Å². The van der Waals surface area contributed by atoms with Gasteiger partial charge in [-0.2, -0.15) is 4.98 Å². The summed E-state index contributed by atoms with van der Waals surface area (Å²) >= 11 is 0. The van der Waals surface area contributed by atoms with E-state index in [1.165, 1.54) is 11.1 Å². The van der Waals surface area contributed by atoms with Gasteiger partial charge in [-0.3, -0.25) is 0 Å². The zero-order valence-electron chi connectivity index (χ0n) is 15.5. The Morgan fingerprint density at radius 2 is 1.69 bits per heavy atom. The molecule has 3 rings (SSSR count). The van der Waals surface area contributed by atoms with Crippen molar-refractivity contribution in [3.63, 3.8) is 0 Å². The fourth-order valence-electron chi connectivity index (χ4n) is 2.94. The first-order valence-electron chi connectivity index (χ1n) is 9.23. The summed E-state index contributed by atoms with van der Waals surface area (Å²) in [7, 11) is 0. The van der Waals surface area contributed by atoms with Crippen LogP contribution in [0.15, 0.2) is 60.7 Å². The molecule has 2 N–H and O–H groups in total. The van der Waals surface area contributed by atoms with Crippen molar-refractivity contribution in [1.29, 1.82) is 0 Å². The average Bonchev–Trinajstić information content (AvgIpc) is 2.66. The Bertz CT molecular complexity index is 831. The number of nitrogens with one attached hydrogen (secondary N) is 2. The van der Waals surface area contributed by atoms with Crippen LogP contribution >= 0.6 is 0 Å². The van der Waals surface area contributed by atoms with Gasteiger partial charge >= 0.3 is 0 Å². The Morgan fingerprint density at radius 3 is 2.50 bits per heavy atom. The molecule has 0 aliphatic rings. The maximum atomic E-state index is 4.62. The Labute approximate surface area is 155 Å². The third-order valence-electron chi connectivity index (χ3n) is 4.29. The number of aromatic nitrogens is 2. The number of hydrogen-bond donors (Lipinski definition) is 2. The minimum absolute atomic E-state index is 0.636. The summed E-state index contributed by atoms with van der Waals surface area (Å²) in [6.45, 7) is 5.03. The molecule has 0 atom stereocenters. The minimum Gasteiger partial charge on any atom is -0.370 e. The smallest absolute Gasteiger partial charge is 0.229 e. The Kier molecular flexibility index (Phi) is 6.20. The van der Waals surface area contributed by atoms with Gasteiger partial charge in [-0.15, -0.1) is 0 Å². The number of anilines is 3. The molecular formula is C22H26N4. The van der Waals surface area contributed by atoms with Crippen LogP contribution in [0.1, 0.15) is 30.2 Å². The lowest BCUT2D eigenvalue weighted by Crippen LogP contribution is -2.08. The second kappa shape index (κ2) is 8.99. The van der Waals surface area contributed by atoms with Crippen LogP contribution in [0.25, 0.3) is 0 Å². The Balaban J connectivity index is 1.60. The molecule has 0 radical (unpaired) electrons. The molecule has 1 aromatic heterocycles. The quantitative estimate of drug-likeness (QED) is 0.555. The van der Waals surface area contributed by atoms with Crippen LogP contribution in [-0.2, 0) is 12.8 Å². The normalized spacial score (nSPS) is 10.5. The standard InChI is InChI=1S/C22H26N4/c1-3-19-13-7-8-14-20(19)25-22-24-17(2)16-21(26-22)23-15-9-12-18-10-5-4-6-11-18/h4-8,10-11,13-14,16H,3,9,12,15H2,1-2H3,(H2,23,24,25,26). The molecule has 2 aromatic carbocycles. The van der Waals surface area contributed by atoms with Gasteiger partial charge in [-0.05, 0) is 43.4 Å². The first kappa shape index (κ1) is 17.9. The molecule has 4 nitrogen and oxygen atoms in total. The van der Waals surface area contributed by atoms with Crippen molar-refractivity contribution < 1.29 is 0 Å². The molecule has 0 aliphatic heterocycles. The number of rotatable bonds is 8. The monoisotopic (exact) mass is 346 g/mol. The molecule has 1 heterocycles. The summed E-state index contributed by atoms with van der Waals surface area (Å²) in [5, 5.41) is 6.78. The predicted octanol–water partition coefficient (Wildman–Crippen LogP) is 5.14. The van der Waals surface area contributed by atoms with Crippen LogP contribution in [0.5, 0.6) is 0 Å².